The average Bonchev–Trinajstić information content (AvgIpc) is 2.16. The van der Waals surface area contributed by atoms with Gasteiger partial charge in [-0.2, -0.15) is 18.0 Å². The molecule has 0 saturated carbocycles. The molecule has 0 radical (unpaired) electrons. The standard InChI is InChI=1S/C10H17F3N2O/c1-2-3-4-5-6-7-8(16)9(15-14)10(11,12)13/h8,16H,2-7H2,1H3. The predicted octanol–water partition coefficient (Wildman–Crippen LogP) is 2.94. The Hall–Kier alpha value is -0.870. The molecule has 0 aromatic heterocycles. The van der Waals surface area contributed by atoms with Crippen LogP contribution >= 0.6 is 0 Å². The molecule has 0 aromatic carbocycles. The first-order chi connectivity index (χ1) is 7.43. The van der Waals surface area contributed by atoms with Gasteiger partial charge in [0.2, 0.25) is 0 Å². The van der Waals surface area contributed by atoms with Gasteiger partial charge in [-0.3, -0.25) is 0 Å². The third-order valence-corrected chi connectivity index (χ3v) is 2.29. The van der Waals surface area contributed by atoms with E-state index in [0.29, 0.717) is 6.42 Å². The summed E-state index contributed by atoms with van der Waals surface area (Å²) in [4.78, 5) is 2.12. The van der Waals surface area contributed by atoms with Gasteiger partial charge in [0.15, 0.2) is 6.10 Å². The lowest BCUT2D eigenvalue weighted by molar-refractivity contribution is -0.126. The van der Waals surface area contributed by atoms with Gasteiger partial charge in [-0.25, -0.2) is 0 Å². The van der Waals surface area contributed by atoms with Gasteiger partial charge in [0, 0.05) is 0 Å². The summed E-state index contributed by atoms with van der Waals surface area (Å²) in [7, 11) is 0. The third kappa shape index (κ3) is 5.88. The van der Waals surface area contributed by atoms with Crippen LogP contribution in [0.3, 0.4) is 0 Å². The second-order valence-electron chi connectivity index (χ2n) is 3.70. The lowest BCUT2D eigenvalue weighted by atomic mass is 10.0. The van der Waals surface area contributed by atoms with E-state index in [4.69, 9.17) is 5.53 Å². The molecule has 1 unspecified atom stereocenters. The minimum Gasteiger partial charge on any atom is -0.381 e. The van der Waals surface area contributed by atoms with Gasteiger partial charge < -0.3 is 10.6 Å². The fraction of sp³-hybridized carbons (Fsp3) is 0.900. The second-order valence-corrected chi connectivity index (χ2v) is 3.70. The number of halogens is 3. The van der Waals surface area contributed by atoms with Crippen LogP contribution in [-0.4, -0.2) is 27.9 Å². The van der Waals surface area contributed by atoms with E-state index in [2.05, 4.69) is 4.79 Å². The van der Waals surface area contributed by atoms with Crippen molar-refractivity contribution in [2.75, 3.05) is 0 Å². The van der Waals surface area contributed by atoms with E-state index in [-0.39, 0.29) is 6.42 Å². The van der Waals surface area contributed by atoms with Crippen LogP contribution in [-0.2, 0) is 0 Å². The summed E-state index contributed by atoms with van der Waals surface area (Å²) in [5.41, 5.74) is 6.67. The SMILES string of the molecule is CCCCCCCC(O)C(=[N+]=[N-])C(F)(F)F. The molecule has 0 bridgehead atoms. The Morgan fingerprint density at radius 1 is 1.25 bits per heavy atom. The van der Waals surface area contributed by atoms with Crippen LogP contribution in [0.2, 0.25) is 0 Å². The van der Waals surface area contributed by atoms with E-state index in [9.17, 15) is 18.3 Å². The smallest absolute Gasteiger partial charge is 0.381 e. The van der Waals surface area contributed by atoms with Gasteiger partial charge in [0.05, 0.1) is 0 Å². The van der Waals surface area contributed by atoms with Crippen molar-refractivity contribution >= 4 is 5.71 Å². The number of aliphatic hydroxyl groups excluding tert-OH is 1. The molecule has 1 atom stereocenters. The van der Waals surface area contributed by atoms with Crippen molar-refractivity contribution in [2.45, 2.75) is 57.7 Å². The van der Waals surface area contributed by atoms with Crippen molar-refractivity contribution in [1.29, 1.82) is 0 Å². The van der Waals surface area contributed by atoms with E-state index in [1.807, 2.05) is 6.92 Å². The first-order valence-electron chi connectivity index (χ1n) is 5.40. The molecule has 16 heavy (non-hydrogen) atoms. The highest BCUT2D eigenvalue weighted by molar-refractivity contribution is 5.88. The monoisotopic (exact) mass is 238 g/mol. The van der Waals surface area contributed by atoms with Crippen molar-refractivity contribution in [3.63, 3.8) is 0 Å². The lowest BCUT2D eigenvalue weighted by Gasteiger charge is -2.08. The molecule has 0 saturated heterocycles. The zero-order valence-corrected chi connectivity index (χ0v) is 9.30. The number of alkyl halides is 3. The highest BCUT2D eigenvalue weighted by Crippen LogP contribution is 2.20. The highest BCUT2D eigenvalue weighted by Gasteiger charge is 2.48. The van der Waals surface area contributed by atoms with E-state index in [1.54, 1.807) is 0 Å². The van der Waals surface area contributed by atoms with Crippen LogP contribution in [0.1, 0.15) is 45.4 Å². The maximum Gasteiger partial charge on any atom is 0.493 e. The number of aliphatic hydroxyl groups is 1. The quantitative estimate of drug-likeness (QED) is 0.315. The highest BCUT2D eigenvalue weighted by atomic mass is 19.4. The Kier molecular flexibility index (Phi) is 7.01. The number of unbranched alkanes of at least 4 members (excludes halogenated alkanes) is 4. The van der Waals surface area contributed by atoms with E-state index in [0.717, 1.165) is 25.7 Å². The van der Waals surface area contributed by atoms with Crippen molar-refractivity contribution in [2.24, 2.45) is 0 Å². The lowest BCUT2D eigenvalue weighted by Crippen LogP contribution is -2.35. The van der Waals surface area contributed by atoms with Gasteiger partial charge in [-0.1, -0.05) is 39.0 Å². The fourth-order valence-corrected chi connectivity index (χ4v) is 1.39. The Bertz CT molecular complexity index is 247. The van der Waals surface area contributed by atoms with Gasteiger partial charge >= 0.3 is 11.9 Å². The largest absolute Gasteiger partial charge is 0.493 e. The average molecular weight is 238 g/mol. The maximum atomic E-state index is 12.1. The van der Waals surface area contributed by atoms with Crippen LogP contribution in [0.4, 0.5) is 13.2 Å². The molecule has 0 aliphatic carbocycles. The summed E-state index contributed by atoms with van der Waals surface area (Å²) in [6.07, 6.45) is -2.21. The molecule has 0 aliphatic rings. The zero-order valence-electron chi connectivity index (χ0n) is 9.30. The van der Waals surface area contributed by atoms with Crippen LogP contribution in [0.5, 0.6) is 0 Å². The van der Waals surface area contributed by atoms with Crippen LogP contribution < -0.4 is 0 Å². The molecule has 94 valence electrons. The molecule has 0 spiro atoms. The molecule has 0 fully saturated rings. The minimum absolute atomic E-state index is 0.0252. The molecule has 0 rings (SSSR count). The summed E-state index contributed by atoms with van der Waals surface area (Å²) in [6, 6.07) is 0. The van der Waals surface area contributed by atoms with Crippen molar-refractivity contribution in [3.05, 3.63) is 5.53 Å². The number of nitrogens with zero attached hydrogens (tertiary/aromatic N) is 2. The number of hydrogen-bond donors (Lipinski definition) is 1. The van der Waals surface area contributed by atoms with Crippen molar-refractivity contribution in [3.8, 4) is 0 Å². The Morgan fingerprint density at radius 3 is 2.25 bits per heavy atom. The van der Waals surface area contributed by atoms with Crippen LogP contribution in [0.25, 0.3) is 5.53 Å². The zero-order chi connectivity index (χ0) is 12.6. The van der Waals surface area contributed by atoms with Gasteiger partial charge in [0.1, 0.15) is 0 Å². The fourth-order valence-electron chi connectivity index (χ4n) is 1.39. The topological polar surface area (TPSA) is 56.6 Å². The summed E-state index contributed by atoms with van der Waals surface area (Å²) >= 11 is 0. The molecule has 3 nitrogen and oxygen atoms in total. The molecular weight excluding hydrogens is 221 g/mol. The molecule has 1 N–H and O–H groups in total. The van der Waals surface area contributed by atoms with E-state index < -0.39 is 18.0 Å². The first-order valence-corrected chi connectivity index (χ1v) is 5.40. The number of rotatable bonds is 7. The second kappa shape index (κ2) is 7.41. The molecule has 6 heteroatoms. The van der Waals surface area contributed by atoms with E-state index >= 15 is 0 Å². The minimum atomic E-state index is -4.77. The van der Waals surface area contributed by atoms with Crippen LogP contribution in [0, 0.1) is 0 Å². The molecule has 0 aliphatic heterocycles. The summed E-state index contributed by atoms with van der Waals surface area (Å²) in [5, 5.41) is 9.19. The Balaban J connectivity index is 3.96. The Morgan fingerprint density at radius 2 is 1.81 bits per heavy atom. The molecule has 0 aromatic rings. The van der Waals surface area contributed by atoms with Gasteiger partial charge in [0.25, 0.3) is 0 Å². The van der Waals surface area contributed by atoms with Crippen LogP contribution in [0.15, 0.2) is 0 Å². The van der Waals surface area contributed by atoms with Crippen molar-refractivity contribution in [1.82, 2.24) is 0 Å². The van der Waals surface area contributed by atoms with E-state index in [1.165, 1.54) is 0 Å². The molecular formula is C10H17F3N2O. The Labute approximate surface area is 92.9 Å². The maximum absolute atomic E-state index is 12.1. The predicted molar refractivity (Wildman–Crippen MR) is 54.1 cm³/mol. The third-order valence-electron chi connectivity index (χ3n) is 2.29. The summed E-state index contributed by atoms with van der Waals surface area (Å²) in [6.45, 7) is 2.04. The van der Waals surface area contributed by atoms with Crippen molar-refractivity contribution < 1.29 is 23.1 Å². The first kappa shape index (κ1) is 15.1. The summed E-state index contributed by atoms with van der Waals surface area (Å²) < 4.78 is 36.4. The normalized spacial score (nSPS) is 13.3. The number of hydrogen-bond acceptors (Lipinski definition) is 1. The molecule has 0 heterocycles. The summed E-state index contributed by atoms with van der Waals surface area (Å²) in [5.74, 6) is 0. The molecule has 0 amide bonds. The van der Waals surface area contributed by atoms with Gasteiger partial charge in [-0.05, 0) is 6.42 Å². The van der Waals surface area contributed by atoms with Gasteiger partial charge in [-0.15, -0.1) is 0 Å².